The van der Waals surface area contributed by atoms with E-state index in [9.17, 15) is 10.4 Å². The molecule has 1 atom stereocenters. The van der Waals surface area contributed by atoms with Gasteiger partial charge in [0.1, 0.15) is 0 Å². The molecule has 2 heterocycles. The molecule has 2 rings (SSSR count). The first-order valence-electron chi connectivity index (χ1n) is 5.45. The zero-order valence-electron chi connectivity index (χ0n) is 10.2. The SMILES string of the molecule is CC(NC1=C(N)N(O)C(N)=C(N)N1O)c1ccoc1. The van der Waals surface area contributed by atoms with Crippen LogP contribution in [0.1, 0.15) is 18.5 Å². The number of nitrogens with one attached hydrogen (secondary N) is 1. The molecular formula is C10H16N6O3. The summed E-state index contributed by atoms with van der Waals surface area (Å²) in [6, 6.07) is 1.52. The molecule has 1 aromatic heterocycles. The van der Waals surface area contributed by atoms with Crippen molar-refractivity contribution in [3.63, 3.8) is 0 Å². The molecule has 0 radical (unpaired) electrons. The monoisotopic (exact) mass is 268 g/mol. The van der Waals surface area contributed by atoms with Gasteiger partial charge in [0, 0.05) is 5.56 Å². The summed E-state index contributed by atoms with van der Waals surface area (Å²) >= 11 is 0. The quantitative estimate of drug-likeness (QED) is 0.424. The smallest absolute Gasteiger partial charge is 0.177 e. The van der Waals surface area contributed by atoms with E-state index in [1.54, 1.807) is 12.3 Å². The number of rotatable bonds is 3. The Morgan fingerprint density at radius 2 is 1.79 bits per heavy atom. The van der Waals surface area contributed by atoms with E-state index in [1.165, 1.54) is 6.26 Å². The van der Waals surface area contributed by atoms with E-state index in [-0.39, 0.29) is 29.3 Å². The van der Waals surface area contributed by atoms with Crippen LogP contribution in [0.4, 0.5) is 0 Å². The maximum Gasteiger partial charge on any atom is 0.177 e. The van der Waals surface area contributed by atoms with Crippen molar-refractivity contribution >= 4 is 0 Å². The van der Waals surface area contributed by atoms with E-state index in [4.69, 9.17) is 21.6 Å². The summed E-state index contributed by atoms with van der Waals surface area (Å²) < 4.78 is 4.96. The van der Waals surface area contributed by atoms with E-state index in [2.05, 4.69) is 5.32 Å². The lowest BCUT2D eigenvalue weighted by molar-refractivity contribution is -0.0845. The predicted molar refractivity (Wildman–Crippen MR) is 64.1 cm³/mol. The van der Waals surface area contributed by atoms with E-state index in [0.29, 0.717) is 10.1 Å². The van der Waals surface area contributed by atoms with Gasteiger partial charge in [-0.05, 0) is 13.0 Å². The molecular weight excluding hydrogens is 252 g/mol. The van der Waals surface area contributed by atoms with Crippen LogP contribution in [0.25, 0.3) is 0 Å². The van der Waals surface area contributed by atoms with Gasteiger partial charge in [-0.15, -0.1) is 0 Å². The molecule has 0 amide bonds. The van der Waals surface area contributed by atoms with Gasteiger partial charge in [0.2, 0.25) is 0 Å². The molecule has 0 aliphatic carbocycles. The normalized spacial score (nSPS) is 18.1. The van der Waals surface area contributed by atoms with Crippen LogP contribution < -0.4 is 22.5 Å². The van der Waals surface area contributed by atoms with E-state index in [0.717, 1.165) is 5.56 Å². The molecule has 0 saturated carbocycles. The minimum atomic E-state index is -0.262. The third-order valence-corrected chi connectivity index (χ3v) is 2.80. The molecule has 104 valence electrons. The minimum absolute atomic E-state index is 0.0166. The Kier molecular flexibility index (Phi) is 3.15. The molecule has 9 heteroatoms. The van der Waals surface area contributed by atoms with Crippen LogP contribution in [0, 0.1) is 0 Å². The van der Waals surface area contributed by atoms with Crippen LogP contribution in [0.5, 0.6) is 0 Å². The Labute approximate surface area is 109 Å². The molecule has 0 spiro atoms. The summed E-state index contributed by atoms with van der Waals surface area (Å²) in [5.41, 5.74) is 17.5. The van der Waals surface area contributed by atoms with Crippen LogP contribution in [0.2, 0.25) is 0 Å². The van der Waals surface area contributed by atoms with Gasteiger partial charge in [0.15, 0.2) is 23.3 Å². The lowest BCUT2D eigenvalue weighted by Gasteiger charge is -2.33. The van der Waals surface area contributed by atoms with Gasteiger partial charge in [-0.3, -0.25) is 10.4 Å². The van der Waals surface area contributed by atoms with E-state index >= 15 is 0 Å². The number of hydrogen-bond acceptors (Lipinski definition) is 9. The summed E-state index contributed by atoms with van der Waals surface area (Å²) in [5, 5.41) is 23.5. The average Bonchev–Trinajstić information content (AvgIpc) is 2.93. The Balaban J connectivity index is 2.24. The molecule has 9 N–H and O–H groups in total. The highest BCUT2D eigenvalue weighted by atomic mass is 16.5. The molecule has 1 unspecified atom stereocenters. The number of hydrogen-bond donors (Lipinski definition) is 6. The molecule has 9 nitrogen and oxygen atoms in total. The van der Waals surface area contributed by atoms with E-state index in [1.807, 2.05) is 6.92 Å². The minimum Gasteiger partial charge on any atom is -0.472 e. The van der Waals surface area contributed by atoms with Crippen molar-refractivity contribution in [1.82, 2.24) is 15.4 Å². The van der Waals surface area contributed by atoms with Gasteiger partial charge in [-0.25, -0.2) is 0 Å². The first-order chi connectivity index (χ1) is 8.93. The molecule has 0 fully saturated rings. The maximum absolute atomic E-state index is 9.85. The van der Waals surface area contributed by atoms with Gasteiger partial charge in [0.25, 0.3) is 0 Å². The van der Waals surface area contributed by atoms with Crippen molar-refractivity contribution < 1.29 is 14.8 Å². The number of nitrogens with zero attached hydrogens (tertiary/aromatic N) is 2. The molecule has 0 bridgehead atoms. The topological polar surface area (TPSA) is 150 Å². The van der Waals surface area contributed by atoms with Crippen molar-refractivity contribution in [1.29, 1.82) is 0 Å². The summed E-state index contributed by atoms with van der Waals surface area (Å²) in [4.78, 5) is 0. The molecule has 0 aromatic carbocycles. The van der Waals surface area contributed by atoms with Crippen LogP contribution in [-0.4, -0.2) is 20.5 Å². The van der Waals surface area contributed by atoms with Crippen LogP contribution >= 0.6 is 0 Å². The number of furan rings is 1. The molecule has 1 aliphatic rings. The zero-order chi connectivity index (χ0) is 14.2. The van der Waals surface area contributed by atoms with Crippen molar-refractivity contribution in [2.75, 3.05) is 0 Å². The van der Waals surface area contributed by atoms with Crippen LogP contribution in [0.15, 0.2) is 46.3 Å². The van der Waals surface area contributed by atoms with Crippen LogP contribution in [-0.2, 0) is 0 Å². The fourth-order valence-electron chi connectivity index (χ4n) is 1.62. The second kappa shape index (κ2) is 4.63. The summed E-state index contributed by atoms with van der Waals surface area (Å²) in [7, 11) is 0. The second-order valence-corrected chi connectivity index (χ2v) is 4.05. The van der Waals surface area contributed by atoms with Gasteiger partial charge in [0.05, 0.1) is 18.6 Å². The fourth-order valence-corrected chi connectivity index (χ4v) is 1.62. The first kappa shape index (κ1) is 12.9. The Morgan fingerprint density at radius 1 is 1.16 bits per heavy atom. The highest BCUT2D eigenvalue weighted by Gasteiger charge is 2.29. The Bertz CT molecular complexity index is 523. The largest absolute Gasteiger partial charge is 0.472 e. The molecule has 1 aliphatic heterocycles. The average molecular weight is 268 g/mol. The second-order valence-electron chi connectivity index (χ2n) is 4.05. The highest BCUT2D eigenvalue weighted by Crippen LogP contribution is 2.22. The van der Waals surface area contributed by atoms with Gasteiger partial charge in [-0.2, -0.15) is 10.1 Å². The maximum atomic E-state index is 9.85. The highest BCUT2D eigenvalue weighted by molar-refractivity contribution is 5.24. The predicted octanol–water partition coefficient (Wildman–Crippen LogP) is -0.544. The standard InChI is InChI=1S/C10H16N6O3/c1-5(6-2-3-19-4-6)14-10-9(13)15(17)7(11)8(12)16(10)18/h2-5,14,17-18H,11-13H2,1H3. The van der Waals surface area contributed by atoms with E-state index < -0.39 is 0 Å². The molecule has 19 heavy (non-hydrogen) atoms. The fraction of sp³-hybridized carbons (Fsp3) is 0.200. The Morgan fingerprint density at radius 3 is 2.37 bits per heavy atom. The summed E-state index contributed by atoms with van der Waals surface area (Å²) in [6.45, 7) is 1.82. The van der Waals surface area contributed by atoms with Crippen molar-refractivity contribution in [3.8, 4) is 0 Å². The lowest BCUT2D eigenvalue weighted by Crippen LogP contribution is -2.47. The van der Waals surface area contributed by atoms with Crippen molar-refractivity contribution in [2.45, 2.75) is 13.0 Å². The number of nitrogens with two attached hydrogens (primary N) is 3. The third kappa shape index (κ3) is 2.11. The number of hydroxylamine groups is 4. The molecule has 0 saturated heterocycles. The molecule has 1 aromatic rings. The van der Waals surface area contributed by atoms with Crippen LogP contribution in [0.3, 0.4) is 0 Å². The first-order valence-corrected chi connectivity index (χ1v) is 5.45. The van der Waals surface area contributed by atoms with Gasteiger partial charge in [-0.1, -0.05) is 0 Å². The van der Waals surface area contributed by atoms with Gasteiger partial charge < -0.3 is 26.9 Å². The lowest BCUT2D eigenvalue weighted by atomic mass is 10.2. The van der Waals surface area contributed by atoms with Gasteiger partial charge >= 0.3 is 0 Å². The van der Waals surface area contributed by atoms with Crippen molar-refractivity contribution in [3.05, 3.63) is 47.4 Å². The Hall–Kier alpha value is -2.52. The summed E-state index contributed by atoms with van der Waals surface area (Å²) in [5.74, 6) is -0.660. The zero-order valence-corrected chi connectivity index (χ0v) is 10.2. The van der Waals surface area contributed by atoms with Crippen molar-refractivity contribution in [2.24, 2.45) is 17.2 Å². The summed E-state index contributed by atoms with van der Waals surface area (Å²) in [6.07, 6.45) is 3.07. The third-order valence-electron chi connectivity index (χ3n) is 2.80.